The van der Waals surface area contributed by atoms with Crippen LogP contribution in [0.2, 0.25) is 5.02 Å². The maximum atomic E-state index is 12.9. The lowest BCUT2D eigenvalue weighted by atomic mass is 10.2. The Labute approximate surface area is 239 Å². The minimum absolute atomic E-state index is 0.0346. The van der Waals surface area contributed by atoms with Gasteiger partial charge in [0.25, 0.3) is 0 Å². The summed E-state index contributed by atoms with van der Waals surface area (Å²) in [5, 5.41) is 9.53. The van der Waals surface area contributed by atoms with Crippen LogP contribution < -0.4 is 15.5 Å². The summed E-state index contributed by atoms with van der Waals surface area (Å²) in [7, 11) is 0. The Bertz CT molecular complexity index is 1450. The first-order valence-corrected chi connectivity index (χ1v) is 13.4. The fourth-order valence-electron chi connectivity index (χ4n) is 3.18. The Kier molecular flexibility index (Phi) is 9.23. The normalized spacial score (nSPS) is 11.5. The van der Waals surface area contributed by atoms with E-state index in [0.29, 0.717) is 22.5 Å². The average molecular weight is 671 g/mol. The molecule has 1 amide bonds. The third-order valence-corrected chi connectivity index (χ3v) is 6.90. The van der Waals surface area contributed by atoms with Gasteiger partial charge in [-0.1, -0.05) is 29.8 Å². The van der Waals surface area contributed by atoms with E-state index in [1.54, 1.807) is 5.38 Å². The second-order valence-electron chi connectivity index (χ2n) is 7.92. The highest BCUT2D eigenvalue weighted by atomic mass is 127. The van der Waals surface area contributed by atoms with Gasteiger partial charge in [0.05, 0.1) is 27.5 Å². The van der Waals surface area contributed by atoms with Gasteiger partial charge >= 0.3 is 6.18 Å². The Morgan fingerprint density at radius 3 is 2.66 bits per heavy atom. The van der Waals surface area contributed by atoms with E-state index in [1.165, 1.54) is 29.7 Å². The van der Waals surface area contributed by atoms with Crippen LogP contribution in [0.15, 0.2) is 77.2 Å². The number of hydrogen-bond acceptors (Lipinski definition) is 6. The van der Waals surface area contributed by atoms with Crippen LogP contribution in [0.1, 0.15) is 22.4 Å². The average Bonchev–Trinajstić information content (AvgIpc) is 3.30. The van der Waals surface area contributed by atoms with Crippen LogP contribution in [0.25, 0.3) is 0 Å². The quantitative estimate of drug-likeness (QED) is 0.110. The molecule has 0 atom stereocenters. The molecule has 0 unspecified atom stereocenters. The predicted octanol–water partition coefficient (Wildman–Crippen LogP) is 7.44. The van der Waals surface area contributed by atoms with Gasteiger partial charge in [-0.25, -0.2) is 10.4 Å². The van der Waals surface area contributed by atoms with E-state index in [-0.39, 0.29) is 18.0 Å². The van der Waals surface area contributed by atoms with Crippen molar-refractivity contribution in [1.29, 1.82) is 0 Å². The first-order chi connectivity index (χ1) is 18.2. The molecule has 0 aliphatic heterocycles. The molecule has 0 aliphatic rings. The summed E-state index contributed by atoms with van der Waals surface area (Å²) in [6.07, 6.45) is -2.95. The van der Waals surface area contributed by atoms with Gasteiger partial charge in [0.1, 0.15) is 12.4 Å². The van der Waals surface area contributed by atoms with Crippen molar-refractivity contribution in [2.75, 3.05) is 5.32 Å². The van der Waals surface area contributed by atoms with Gasteiger partial charge in [-0.05, 0) is 82.2 Å². The van der Waals surface area contributed by atoms with Crippen LogP contribution in [-0.2, 0) is 24.0 Å². The van der Waals surface area contributed by atoms with E-state index >= 15 is 0 Å². The highest BCUT2D eigenvalue weighted by Gasteiger charge is 2.30. The van der Waals surface area contributed by atoms with Gasteiger partial charge in [-0.15, -0.1) is 11.3 Å². The van der Waals surface area contributed by atoms with E-state index in [1.807, 2.05) is 42.5 Å². The SMILES string of the molecule is O=C(Cc1csc(Nc2cccc(C(F)(F)F)c2)n1)N/N=C\c1ccc(OCc2ccc(Cl)cc2)c(I)c1. The molecule has 0 saturated heterocycles. The zero-order valence-corrected chi connectivity index (χ0v) is 23.2. The van der Waals surface area contributed by atoms with E-state index < -0.39 is 11.7 Å². The van der Waals surface area contributed by atoms with Gasteiger partial charge in [0.2, 0.25) is 5.91 Å². The molecule has 196 valence electrons. The largest absolute Gasteiger partial charge is 0.488 e. The molecular weight excluding hydrogens is 652 g/mol. The van der Waals surface area contributed by atoms with E-state index in [9.17, 15) is 18.0 Å². The highest BCUT2D eigenvalue weighted by molar-refractivity contribution is 14.1. The van der Waals surface area contributed by atoms with Crippen LogP contribution in [0.5, 0.6) is 5.75 Å². The molecule has 38 heavy (non-hydrogen) atoms. The number of hydrazone groups is 1. The number of nitrogens with zero attached hydrogens (tertiary/aromatic N) is 2. The van der Waals surface area contributed by atoms with Gasteiger partial charge in [0.15, 0.2) is 5.13 Å². The predicted molar refractivity (Wildman–Crippen MR) is 151 cm³/mol. The molecule has 1 aromatic heterocycles. The third kappa shape index (κ3) is 8.17. The number of ether oxygens (including phenoxy) is 1. The van der Waals surface area contributed by atoms with E-state index in [4.69, 9.17) is 16.3 Å². The number of rotatable bonds is 9. The Hall–Kier alpha value is -3.16. The number of nitrogens with one attached hydrogen (secondary N) is 2. The van der Waals surface area contributed by atoms with Crippen LogP contribution in [0.3, 0.4) is 0 Å². The lowest BCUT2D eigenvalue weighted by molar-refractivity contribution is -0.137. The van der Waals surface area contributed by atoms with Crippen molar-refractivity contribution in [3.8, 4) is 5.75 Å². The summed E-state index contributed by atoms with van der Waals surface area (Å²) in [5.74, 6) is 0.342. The van der Waals surface area contributed by atoms with Gasteiger partial charge in [-0.3, -0.25) is 4.79 Å². The van der Waals surface area contributed by atoms with Crippen molar-refractivity contribution in [1.82, 2.24) is 10.4 Å². The number of carbonyl (C=O) groups excluding carboxylic acids is 1. The molecule has 4 aromatic rings. The first kappa shape index (κ1) is 27.9. The van der Waals surface area contributed by atoms with Gasteiger partial charge in [0, 0.05) is 16.1 Å². The zero-order chi connectivity index (χ0) is 27.1. The second-order valence-corrected chi connectivity index (χ2v) is 10.4. The van der Waals surface area contributed by atoms with Crippen molar-refractivity contribution in [2.24, 2.45) is 5.10 Å². The van der Waals surface area contributed by atoms with Crippen LogP contribution in [-0.4, -0.2) is 17.1 Å². The molecule has 2 N–H and O–H groups in total. The number of aromatic nitrogens is 1. The number of anilines is 2. The summed E-state index contributed by atoms with van der Waals surface area (Å²) in [4.78, 5) is 16.5. The molecule has 6 nitrogen and oxygen atoms in total. The minimum atomic E-state index is -4.43. The molecule has 12 heteroatoms. The fourth-order valence-corrected chi connectivity index (χ4v) is 4.73. The number of halogens is 5. The molecule has 0 fully saturated rings. The van der Waals surface area contributed by atoms with Crippen molar-refractivity contribution >= 4 is 68.5 Å². The molecular formula is C26H19ClF3IN4O2S. The lowest BCUT2D eigenvalue weighted by Gasteiger charge is -2.09. The number of alkyl halides is 3. The minimum Gasteiger partial charge on any atom is -0.488 e. The lowest BCUT2D eigenvalue weighted by Crippen LogP contribution is -2.19. The van der Waals surface area contributed by atoms with Crippen LogP contribution in [0, 0.1) is 3.57 Å². The molecule has 3 aromatic carbocycles. The summed E-state index contributed by atoms with van der Waals surface area (Å²) in [5.41, 5.74) is 4.19. The molecule has 0 aliphatic carbocycles. The number of amides is 1. The van der Waals surface area contributed by atoms with Gasteiger partial charge < -0.3 is 10.1 Å². The number of thiazole rings is 1. The molecule has 0 spiro atoms. The van der Waals surface area contributed by atoms with Crippen molar-refractivity contribution in [3.05, 3.63) is 103 Å². The fraction of sp³-hybridized carbons (Fsp3) is 0.115. The standard InChI is InChI=1S/C26H19ClF3IN4O2S/c27-19-7-4-16(5-8-19)14-37-23-9-6-17(10-22(23)31)13-32-35-24(36)12-21-15-38-25(34-21)33-20-3-1-2-18(11-20)26(28,29)30/h1-11,13,15H,12,14H2,(H,33,34)(H,35,36)/b32-13-. The summed E-state index contributed by atoms with van der Waals surface area (Å²) < 4.78 is 45.4. The maximum absolute atomic E-state index is 12.9. The van der Waals surface area contributed by atoms with Crippen molar-refractivity contribution in [3.63, 3.8) is 0 Å². The smallest absolute Gasteiger partial charge is 0.416 e. The summed E-state index contributed by atoms with van der Waals surface area (Å²) >= 11 is 9.25. The molecule has 0 radical (unpaired) electrons. The second kappa shape index (κ2) is 12.6. The summed E-state index contributed by atoms with van der Waals surface area (Å²) in [6.45, 7) is 0.407. The summed E-state index contributed by atoms with van der Waals surface area (Å²) in [6, 6.07) is 17.8. The van der Waals surface area contributed by atoms with E-state index in [0.717, 1.165) is 32.6 Å². The van der Waals surface area contributed by atoms with Crippen LogP contribution in [0.4, 0.5) is 24.0 Å². The first-order valence-electron chi connectivity index (χ1n) is 11.0. The topological polar surface area (TPSA) is 75.6 Å². The molecule has 4 rings (SSSR count). The van der Waals surface area contributed by atoms with E-state index in [2.05, 4.69) is 43.4 Å². The monoisotopic (exact) mass is 670 g/mol. The third-order valence-electron chi connectivity index (χ3n) is 5.00. The Morgan fingerprint density at radius 2 is 1.92 bits per heavy atom. The number of carbonyl (C=O) groups is 1. The van der Waals surface area contributed by atoms with Crippen LogP contribution >= 0.6 is 45.5 Å². The molecule has 0 bridgehead atoms. The Morgan fingerprint density at radius 1 is 1.13 bits per heavy atom. The van der Waals surface area contributed by atoms with Crippen molar-refractivity contribution in [2.45, 2.75) is 19.2 Å². The van der Waals surface area contributed by atoms with Crippen molar-refractivity contribution < 1.29 is 22.7 Å². The number of hydrogen-bond donors (Lipinski definition) is 2. The Balaban J connectivity index is 1.26. The molecule has 0 saturated carbocycles. The highest BCUT2D eigenvalue weighted by Crippen LogP contribution is 2.32. The van der Waals surface area contributed by atoms with Gasteiger partial charge in [-0.2, -0.15) is 18.3 Å². The zero-order valence-electron chi connectivity index (χ0n) is 19.4. The maximum Gasteiger partial charge on any atom is 0.416 e. The molecule has 1 heterocycles. The number of benzene rings is 3.